The van der Waals surface area contributed by atoms with Crippen LogP contribution in [0.1, 0.15) is 35.7 Å². The second-order valence-electron chi connectivity index (χ2n) is 11.7. The topological polar surface area (TPSA) is 109 Å². The number of fused-ring (bicyclic) bond motifs is 6. The number of aromatic nitrogens is 1. The van der Waals surface area contributed by atoms with Crippen LogP contribution in [0.4, 0.5) is 0 Å². The zero-order chi connectivity index (χ0) is 31.0. The summed E-state index contributed by atoms with van der Waals surface area (Å²) in [5.74, 6) is 0.173. The molecular weight excluding hydrogens is 564 g/mol. The van der Waals surface area contributed by atoms with Gasteiger partial charge in [-0.3, -0.25) is 9.69 Å². The fourth-order valence-corrected chi connectivity index (χ4v) is 7.75. The number of hydrogen-bond acceptors (Lipinski definition) is 9. The molecular formula is C34H40N2O8. The van der Waals surface area contributed by atoms with Crippen molar-refractivity contribution in [3.05, 3.63) is 59.3 Å². The molecule has 2 aliphatic heterocycles. The van der Waals surface area contributed by atoms with Crippen molar-refractivity contribution >= 4 is 28.9 Å². The lowest BCUT2D eigenvalue weighted by Gasteiger charge is -2.52. The Kier molecular flexibility index (Phi) is 8.55. The number of H-pyrrole nitrogens is 1. The Morgan fingerprint density at radius 3 is 2.41 bits per heavy atom. The number of methoxy groups -OCH3 is 5. The molecule has 1 aliphatic carbocycles. The number of ether oxygens (including phenoxy) is 6. The molecule has 0 radical (unpaired) electrons. The number of aromatic amines is 1. The molecule has 1 saturated heterocycles. The molecule has 6 rings (SSSR count). The molecule has 10 nitrogen and oxygen atoms in total. The Morgan fingerprint density at radius 1 is 0.977 bits per heavy atom. The van der Waals surface area contributed by atoms with E-state index < -0.39 is 24.1 Å². The van der Waals surface area contributed by atoms with Gasteiger partial charge in [0.1, 0.15) is 12.2 Å². The van der Waals surface area contributed by atoms with Crippen molar-refractivity contribution in [2.24, 2.45) is 17.8 Å². The number of carbonyl (C=O) groups is 2. The van der Waals surface area contributed by atoms with E-state index >= 15 is 0 Å². The maximum atomic E-state index is 13.3. The molecule has 1 N–H and O–H groups in total. The number of esters is 2. The van der Waals surface area contributed by atoms with Crippen molar-refractivity contribution in [3.8, 4) is 17.2 Å². The molecule has 2 aromatic carbocycles. The molecule has 1 aromatic heterocycles. The Labute approximate surface area is 257 Å². The Hall–Kier alpha value is -4.02. The van der Waals surface area contributed by atoms with E-state index in [1.54, 1.807) is 25.3 Å². The lowest BCUT2D eigenvalue weighted by Crippen LogP contribution is -2.58. The maximum Gasteiger partial charge on any atom is 0.331 e. The van der Waals surface area contributed by atoms with E-state index in [4.69, 9.17) is 28.4 Å². The summed E-state index contributed by atoms with van der Waals surface area (Å²) in [6, 6.07) is 12.1. The van der Waals surface area contributed by atoms with E-state index in [2.05, 4.69) is 34.1 Å². The number of nitrogens with zero attached hydrogens (tertiary/aromatic N) is 1. The van der Waals surface area contributed by atoms with Crippen molar-refractivity contribution < 1.29 is 38.0 Å². The predicted octanol–water partition coefficient (Wildman–Crippen LogP) is 4.56. The summed E-state index contributed by atoms with van der Waals surface area (Å²) in [5.41, 5.74) is 4.45. The first-order valence-corrected chi connectivity index (χ1v) is 15.0. The minimum Gasteiger partial charge on any atom is -0.493 e. The largest absolute Gasteiger partial charge is 0.493 e. The fourth-order valence-electron chi connectivity index (χ4n) is 7.75. The lowest BCUT2D eigenvalue weighted by molar-refractivity contribution is -0.187. The van der Waals surface area contributed by atoms with Crippen molar-refractivity contribution in [1.29, 1.82) is 0 Å². The first-order valence-electron chi connectivity index (χ1n) is 15.0. The average Bonchev–Trinajstić information content (AvgIpc) is 3.44. The molecule has 0 amide bonds. The summed E-state index contributed by atoms with van der Waals surface area (Å²) in [6.45, 7) is 1.75. The van der Waals surface area contributed by atoms with Crippen molar-refractivity contribution in [2.45, 2.75) is 37.5 Å². The molecule has 0 spiro atoms. The van der Waals surface area contributed by atoms with Gasteiger partial charge < -0.3 is 33.4 Å². The highest BCUT2D eigenvalue weighted by molar-refractivity contribution is 5.88. The van der Waals surface area contributed by atoms with Gasteiger partial charge in [-0.15, -0.1) is 0 Å². The summed E-state index contributed by atoms with van der Waals surface area (Å²) in [5, 5.41) is 1.28. The summed E-state index contributed by atoms with van der Waals surface area (Å²) < 4.78 is 33.5. The van der Waals surface area contributed by atoms with Crippen LogP contribution in [0.2, 0.25) is 0 Å². The van der Waals surface area contributed by atoms with Crippen LogP contribution in [0, 0.1) is 17.8 Å². The molecule has 234 valence electrons. The van der Waals surface area contributed by atoms with Crippen molar-refractivity contribution in [3.63, 3.8) is 0 Å². The van der Waals surface area contributed by atoms with Crippen molar-refractivity contribution in [1.82, 2.24) is 9.88 Å². The number of hydrogen-bond donors (Lipinski definition) is 1. The lowest BCUT2D eigenvalue weighted by atomic mass is 9.64. The van der Waals surface area contributed by atoms with E-state index in [0.717, 1.165) is 31.4 Å². The van der Waals surface area contributed by atoms with Crippen LogP contribution >= 0.6 is 0 Å². The van der Waals surface area contributed by atoms with Gasteiger partial charge in [-0.1, -0.05) is 18.2 Å². The quantitative estimate of drug-likeness (QED) is 0.292. The van der Waals surface area contributed by atoms with E-state index in [0.29, 0.717) is 29.2 Å². The maximum absolute atomic E-state index is 13.3. The molecule has 3 aromatic rings. The predicted molar refractivity (Wildman–Crippen MR) is 164 cm³/mol. The summed E-state index contributed by atoms with van der Waals surface area (Å²) in [4.78, 5) is 32.7. The number of rotatable bonds is 8. The molecule has 3 aliphatic rings. The monoisotopic (exact) mass is 604 g/mol. The highest BCUT2D eigenvalue weighted by Crippen LogP contribution is 2.50. The van der Waals surface area contributed by atoms with Crippen molar-refractivity contribution in [2.75, 3.05) is 48.6 Å². The van der Waals surface area contributed by atoms with Gasteiger partial charge in [-0.2, -0.15) is 0 Å². The summed E-state index contributed by atoms with van der Waals surface area (Å²) in [7, 11) is 7.58. The highest BCUT2D eigenvalue weighted by Gasteiger charge is 2.54. The Morgan fingerprint density at radius 2 is 1.73 bits per heavy atom. The standard InChI is InChI=1S/C34H40N2O8/c1-39-26-14-19(15-27(40-2)32(26)41-3)10-11-29(37)44-28-16-20-18-36-13-12-22-21-8-6-7-9-24(21)35-31(22)25(36)17-23(20)30(33(28)42-4)34(38)43-5/h6-11,14-15,20,23,25,28,30,33,35H,12-13,16-18H2,1-5H3/b11-10+. The van der Waals surface area contributed by atoms with E-state index in [9.17, 15) is 9.59 Å². The number of piperidine rings is 1. The first-order chi connectivity index (χ1) is 21.4. The second-order valence-corrected chi connectivity index (χ2v) is 11.7. The van der Waals surface area contributed by atoms with Gasteiger partial charge in [-0.25, -0.2) is 4.79 Å². The molecule has 2 fully saturated rings. The zero-order valence-electron chi connectivity index (χ0n) is 25.8. The highest BCUT2D eigenvalue weighted by atomic mass is 16.6. The molecule has 44 heavy (non-hydrogen) atoms. The minimum atomic E-state index is -0.625. The number of para-hydroxylation sites is 1. The molecule has 6 unspecified atom stereocenters. The van der Waals surface area contributed by atoms with Crippen LogP contribution in [0.3, 0.4) is 0 Å². The third-order valence-corrected chi connectivity index (χ3v) is 9.67. The molecule has 6 atom stereocenters. The second kappa shape index (κ2) is 12.5. The minimum absolute atomic E-state index is 0.0238. The summed E-state index contributed by atoms with van der Waals surface area (Å²) in [6.07, 6.45) is 4.14. The van der Waals surface area contributed by atoms with Gasteiger partial charge in [0.15, 0.2) is 11.5 Å². The van der Waals surface area contributed by atoms with Crippen LogP contribution in [-0.2, 0) is 30.2 Å². The summed E-state index contributed by atoms with van der Waals surface area (Å²) >= 11 is 0. The van der Waals surface area contributed by atoms with Gasteiger partial charge in [-0.05, 0) is 66.5 Å². The van der Waals surface area contributed by atoms with E-state index in [1.807, 2.05) is 0 Å². The third kappa shape index (κ3) is 5.30. The Balaban J connectivity index is 1.23. The number of benzene rings is 2. The molecule has 0 bridgehead atoms. The normalized spacial score (nSPS) is 26.4. The van der Waals surface area contributed by atoms with Crippen LogP contribution in [0.5, 0.6) is 17.2 Å². The number of carbonyl (C=O) groups excluding carboxylic acids is 2. The first kappa shape index (κ1) is 30.0. The van der Waals surface area contributed by atoms with Gasteiger partial charge in [0, 0.05) is 42.9 Å². The van der Waals surface area contributed by atoms with Crippen LogP contribution < -0.4 is 14.2 Å². The zero-order valence-corrected chi connectivity index (χ0v) is 25.8. The fraction of sp³-hybridized carbons (Fsp3) is 0.471. The van der Waals surface area contributed by atoms with E-state index in [-0.39, 0.29) is 23.8 Å². The van der Waals surface area contributed by atoms with E-state index in [1.165, 1.54) is 51.2 Å². The van der Waals surface area contributed by atoms with Crippen LogP contribution in [0.25, 0.3) is 17.0 Å². The van der Waals surface area contributed by atoms with Crippen LogP contribution in [0.15, 0.2) is 42.5 Å². The Bertz CT molecular complexity index is 1540. The van der Waals surface area contributed by atoms with Gasteiger partial charge in [0.2, 0.25) is 5.75 Å². The van der Waals surface area contributed by atoms with Gasteiger partial charge in [0.05, 0.1) is 40.4 Å². The SMILES string of the molecule is COC(=O)C1C2CC3c4[nH]c5ccccc5c4CCN3CC2CC(OC(=O)/C=C/c2cc(OC)c(OC)c(OC)c2)C1OC. The molecule has 1 saturated carbocycles. The van der Waals surface area contributed by atoms with Crippen LogP contribution in [-0.4, -0.2) is 82.7 Å². The van der Waals surface area contributed by atoms with Gasteiger partial charge >= 0.3 is 11.9 Å². The molecule has 10 heteroatoms. The third-order valence-electron chi connectivity index (χ3n) is 9.67. The smallest absolute Gasteiger partial charge is 0.331 e. The number of nitrogens with one attached hydrogen (secondary N) is 1. The average molecular weight is 605 g/mol. The van der Waals surface area contributed by atoms with Gasteiger partial charge in [0.25, 0.3) is 0 Å². The molecule has 3 heterocycles.